The van der Waals surface area contributed by atoms with Gasteiger partial charge in [0.1, 0.15) is 11.9 Å². The van der Waals surface area contributed by atoms with Crippen LogP contribution in [0.25, 0.3) is 10.9 Å². The standard InChI is InChI=1S/C23H29N5O2.C2H6/c1-16-11-20-21(24-13-16)12-22(28-7-9-29-10-8-28)26-23(20)30-19-5-3-17(4-6-19)18-14-25-27(2)15-18;1-2/h11-15,17,19H,3-10H2,1-2H3;1-2H3. The van der Waals surface area contributed by atoms with Crippen LogP contribution in [0, 0.1) is 6.92 Å². The van der Waals surface area contributed by atoms with Crippen LogP contribution in [0.15, 0.2) is 30.7 Å². The molecule has 4 heterocycles. The number of fused-ring (bicyclic) bond motifs is 1. The molecular formula is C25H35N5O2. The Morgan fingerprint density at radius 3 is 2.47 bits per heavy atom. The van der Waals surface area contributed by atoms with E-state index in [4.69, 9.17) is 14.5 Å². The quantitative estimate of drug-likeness (QED) is 0.592. The maximum Gasteiger partial charge on any atom is 0.225 e. The molecule has 0 amide bonds. The highest BCUT2D eigenvalue weighted by atomic mass is 16.5. The molecule has 5 rings (SSSR count). The predicted octanol–water partition coefficient (Wildman–Crippen LogP) is 4.64. The monoisotopic (exact) mass is 437 g/mol. The molecule has 1 saturated carbocycles. The molecule has 32 heavy (non-hydrogen) atoms. The van der Waals surface area contributed by atoms with Gasteiger partial charge in [0.15, 0.2) is 0 Å². The second kappa shape index (κ2) is 10.3. The van der Waals surface area contributed by atoms with E-state index in [2.05, 4.69) is 40.2 Å². The highest BCUT2D eigenvalue weighted by Crippen LogP contribution is 2.36. The Bertz CT molecular complexity index is 1020. The van der Waals surface area contributed by atoms with Crippen LogP contribution in [0.3, 0.4) is 0 Å². The molecule has 1 saturated heterocycles. The van der Waals surface area contributed by atoms with Crippen molar-refractivity contribution in [2.24, 2.45) is 7.05 Å². The summed E-state index contributed by atoms with van der Waals surface area (Å²) < 4.78 is 13.9. The summed E-state index contributed by atoms with van der Waals surface area (Å²) in [7, 11) is 1.98. The van der Waals surface area contributed by atoms with Gasteiger partial charge in [-0.25, -0.2) is 0 Å². The first kappa shape index (κ1) is 22.5. The van der Waals surface area contributed by atoms with Crippen LogP contribution in [0.4, 0.5) is 5.82 Å². The number of anilines is 1. The van der Waals surface area contributed by atoms with E-state index in [0.29, 0.717) is 5.92 Å². The first-order chi connectivity index (χ1) is 15.7. The normalized spacial score (nSPS) is 21.2. The smallest absolute Gasteiger partial charge is 0.225 e. The highest BCUT2D eigenvalue weighted by Gasteiger charge is 2.26. The number of morpholine rings is 1. The third-order valence-electron chi connectivity index (χ3n) is 6.25. The molecule has 0 radical (unpaired) electrons. The molecule has 0 atom stereocenters. The minimum atomic E-state index is 0.189. The minimum absolute atomic E-state index is 0.189. The number of rotatable bonds is 4. The highest BCUT2D eigenvalue weighted by molar-refractivity contribution is 5.86. The lowest BCUT2D eigenvalue weighted by Gasteiger charge is -2.30. The molecule has 7 heteroatoms. The van der Waals surface area contributed by atoms with Crippen LogP contribution in [-0.2, 0) is 11.8 Å². The van der Waals surface area contributed by atoms with Crippen molar-refractivity contribution in [3.05, 3.63) is 41.9 Å². The largest absolute Gasteiger partial charge is 0.474 e. The molecule has 3 aromatic rings. The van der Waals surface area contributed by atoms with Gasteiger partial charge in [0, 0.05) is 38.6 Å². The summed E-state index contributed by atoms with van der Waals surface area (Å²) in [6.07, 6.45) is 10.5. The van der Waals surface area contributed by atoms with E-state index in [9.17, 15) is 0 Å². The Morgan fingerprint density at radius 2 is 1.78 bits per heavy atom. The second-order valence-electron chi connectivity index (χ2n) is 8.50. The topological polar surface area (TPSA) is 65.3 Å². The first-order valence-electron chi connectivity index (χ1n) is 11.9. The maximum atomic E-state index is 6.51. The molecule has 0 N–H and O–H groups in total. The minimum Gasteiger partial charge on any atom is -0.474 e. The van der Waals surface area contributed by atoms with Gasteiger partial charge in [-0.3, -0.25) is 9.67 Å². The summed E-state index contributed by atoms with van der Waals surface area (Å²) in [6.45, 7) is 9.22. The summed E-state index contributed by atoms with van der Waals surface area (Å²) in [5.74, 6) is 2.23. The van der Waals surface area contributed by atoms with Crippen molar-refractivity contribution >= 4 is 16.7 Å². The lowest BCUT2D eigenvalue weighted by atomic mass is 9.84. The average Bonchev–Trinajstić information content (AvgIpc) is 3.28. The van der Waals surface area contributed by atoms with Gasteiger partial charge in [-0.2, -0.15) is 10.1 Å². The summed E-state index contributed by atoms with van der Waals surface area (Å²) in [6, 6.07) is 4.21. The molecule has 0 unspecified atom stereocenters. The van der Waals surface area contributed by atoms with Crippen LogP contribution < -0.4 is 9.64 Å². The third kappa shape index (κ3) is 5.04. The number of aromatic nitrogens is 4. The van der Waals surface area contributed by atoms with Gasteiger partial charge in [0.25, 0.3) is 0 Å². The molecule has 1 aliphatic heterocycles. The SMILES string of the molecule is CC.Cc1cnc2cc(N3CCOCC3)nc(OC3CCC(c4cnn(C)c4)CC3)c2c1. The van der Waals surface area contributed by atoms with Crippen molar-refractivity contribution in [1.29, 1.82) is 0 Å². The van der Waals surface area contributed by atoms with Gasteiger partial charge < -0.3 is 14.4 Å². The molecule has 0 aromatic carbocycles. The summed E-state index contributed by atoms with van der Waals surface area (Å²) in [4.78, 5) is 11.9. The zero-order valence-corrected chi connectivity index (χ0v) is 19.8. The van der Waals surface area contributed by atoms with Crippen LogP contribution in [-0.4, -0.2) is 52.2 Å². The Balaban J connectivity index is 0.00000119. The van der Waals surface area contributed by atoms with E-state index < -0.39 is 0 Å². The lowest BCUT2D eigenvalue weighted by molar-refractivity contribution is 0.122. The summed E-state index contributed by atoms with van der Waals surface area (Å²) >= 11 is 0. The van der Waals surface area contributed by atoms with E-state index in [1.54, 1.807) is 0 Å². The maximum absolute atomic E-state index is 6.51. The van der Waals surface area contributed by atoms with Gasteiger partial charge in [0.05, 0.1) is 30.3 Å². The van der Waals surface area contributed by atoms with E-state index in [-0.39, 0.29) is 6.10 Å². The molecular weight excluding hydrogens is 402 g/mol. The number of ether oxygens (including phenoxy) is 2. The molecule has 0 spiro atoms. The zero-order chi connectivity index (χ0) is 22.5. The number of nitrogens with zero attached hydrogens (tertiary/aromatic N) is 5. The Hall–Kier alpha value is -2.67. The number of hydrogen-bond donors (Lipinski definition) is 0. The van der Waals surface area contributed by atoms with E-state index in [1.807, 2.05) is 38.0 Å². The Kier molecular flexibility index (Phi) is 7.25. The number of hydrogen-bond acceptors (Lipinski definition) is 6. The van der Waals surface area contributed by atoms with Gasteiger partial charge in [-0.05, 0) is 55.7 Å². The molecule has 0 bridgehead atoms. The molecule has 2 fully saturated rings. The number of pyridine rings is 2. The Morgan fingerprint density at radius 1 is 1.03 bits per heavy atom. The van der Waals surface area contributed by atoms with E-state index in [0.717, 1.165) is 80.2 Å². The van der Waals surface area contributed by atoms with Crippen molar-refractivity contribution < 1.29 is 9.47 Å². The fourth-order valence-electron chi connectivity index (χ4n) is 4.55. The van der Waals surface area contributed by atoms with Crippen molar-refractivity contribution in [3.63, 3.8) is 0 Å². The van der Waals surface area contributed by atoms with Crippen molar-refractivity contribution in [1.82, 2.24) is 19.7 Å². The summed E-state index contributed by atoms with van der Waals surface area (Å²) in [5.41, 5.74) is 3.40. The van der Waals surface area contributed by atoms with Crippen LogP contribution in [0.1, 0.15) is 56.6 Å². The van der Waals surface area contributed by atoms with E-state index in [1.165, 1.54) is 5.56 Å². The van der Waals surface area contributed by atoms with E-state index >= 15 is 0 Å². The van der Waals surface area contributed by atoms with Crippen molar-refractivity contribution in [2.75, 3.05) is 31.2 Å². The van der Waals surface area contributed by atoms with Crippen LogP contribution in [0.5, 0.6) is 5.88 Å². The van der Waals surface area contributed by atoms with Gasteiger partial charge in [-0.1, -0.05) is 13.8 Å². The molecule has 7 nitrogen and oxygen atoms in total. The fraction of sp³-hybridized carbons (Fsp3) is 0.560. The summed E-state index contributed by atoms with van der Waals surface area (Å²) in [5, 5.41) is 5.33. The third-order valence-corrected chi connectivity index (χ3v) is 6.25. The fourth-order valence-corrected chi connectivity index (χ4v) is 4.55. The van der Waals surface area contributed by atoms with Crippen molar-refractivity contribution in [3.8, 4) is 5.88 Å². The molecule has 2 aliphatic rings. The molecule has 1 aliphatic carbocycles. The predicted molar refractivity (Wildman–Crippen MR) is 127 cm³/mol. The van der Waals surface area contributed by atoms with Gasteiger partial charge in [-0.15, -0.1) is 0 Å². The van der Waals surface area contributed by atoms with Crippen LogP contribution in [0.2, 0.25) is 0 Å². The molecule has 172 valence electrons. The zero-order valence-electron chi connectivity index (χ0n) is 19.8. The number of aryl methyl sites for hydroxylation is 2. The lowest BCUT2D eigenvalue weighted by Crippen LogP contribution is -2.36. The molecule has 3 aromatic heterocycles. The first-order valence-corrected chi connectivity index (χ1v) is 11.9. The van der Waals surface area contributed by atoms with Crippen LogP contribution >= 0.6 is 0 Å². The Labute approximate surface area is 190 Å². The average molecular weight is 438 g/mol. The van der Waals surface area contributed by atoms with Gasteiger partial charge >= 0.3 is 0 Å². The van der Waals surface area contributed by atoms with Gasteiger partial charge in [0.2, 0.25) is 5.88 Å². The second-order valence-corrected chi connectivity index (χ2v) is 8.50. The van der Waals surface area contributed by atoms with Crippen molar-refractivity contribution in [2.45, 2.75) is 58.5 Å².